The molecule has 1 aliphatic carbocycles. The lowest BCUT2D eigenvalue weighted by Crippen LogP contribution is -2.36. The third-order valence-electron chi connectivity index (χ3n) is 3.44. The average molecular weight is 241 g/mol. The molecular weight excluding hydrogens is 218 g/mol. The van der Waals surface area contributed by atoms with E-state index in [1.54, 1.807) is 0 Å². The van der Waals surface area contributed by atoms with Gasteiger partial charge in [0.15, 0.2) is 0 Å². The zero-order chi connectivity index (χ0) is 12.8. The number of amides is 1. The van der Waals surface area contributed by atoms with Crippen molar-refractivity contribution in [2.45, 2.75) is 46.0 Å². The van der Waals surface area contributed by atoms with Crippen LogP contribution in [0.1, 0.15) is 46.0 Å². The Morgan fingerprint density at radius 2 is 1.82 bits per heavy atom. The average Bonchev–Trinajstić information content (AvgIpc) is 2.26. The van der Waals surface area contributed by atoms with Gasteiger partial charge in [0.2, 0.25) is 5.91 Å². The van der Waals surface area contributed by atoms with Crippen molar-refractivity contribution in [3.05, 3.63) is 0 Å². The van der Waals surface area contributed by atoms with E-state index in [9.17, 15) is 9.59 Å². The van der Waals surface area contributed by atoms with Crippen LogP contribution in [0, 0.1) is 17.8 Å². The number of carbonyl (C=O) groups excluding carboxylic acids is 1. The summed E-state index contributed by atoms with van der Waals surface area (Å²) in [6.07, 6.45) is 5.25. The molecule has 1 fully saturated rings. The predicted octanol–water partition coefficient (Wildman–Crippen LogP) is 2.04. The number of nitrogens with one attached hydrogen (secondary N) is 1. The number of hydrogen-bond donors (Lipinski definition) is 2. The van der Waals surface area contributed by atoms with Gasteiger partial charge in [-0.05, 0) is 43.9 Å². The lowest BCUT2D eigenvalue weighted by atomic mass is 9.78. The van der Waals surface area contributed by atoms with Gasteiger partial charge in [0, 0.05) is 5.92 Å². The molecule has 4 heteroatoms. The highest BCUT2D eigenvalue weighted by Crippen LogP contribution is 2.32. The van der Waals surface area contributed by atoms with Crippen molar-refractivity contribution in [2.75, 3.05) is 6.54 Å². The first-order valence-corrected chi connectivity index (χ1v) is 6.48. The number of rotatable bonds is 5. The molecule has 0 unspecified atom stereocenters. The maximum atomic E-state index is 11.7. The van der Waals surface area contributed by atoms with Gasteiger partial charge in [0.05, 0.1) is 0 Å². The highest BCUT2D eigenvalue weighted by atomic mass is 16.4. The zero-order valence-corrected chi connectivity index (χ0v) is 10.7. The summed E-state index contributed by atoms with van der Waals surface area (Å²) in [5.74, 6) is 0.427. The molecule has 1 saturated carbocycles. The first kappa shape index (κ1) is 14.0. The summed E-state index contributed by atoms with van der Waals surface area (Å²) in [4.78, 5) is 22.0. The van der Waals surface area contributed by atoms with Crippen LogP contribution in [0.4, 0.5) is 0 Å². The van der Waals surface area contributed by atoms with E-state index in [0.29, 0.717) is 0 Å². The molecule has 0 saturated heterocycles. The summed E-state index contributed by atoms with van der Waals surface area (Å²) in [5, 5.41) is 11.0. The second-order valence-electron chi connectivity index (χ2n) is 5.46. The maximum Gasteiger partial charge on any atom is 0.322 e. The summed E-state index contributed by atoms with van der Waals surface area (Å²) in [6, 6.07) is 0. The largest absolute Gasteiger partial charge is 0.480 e. The molecular formula is C13H23NO3. The monoisotopic (exact) mass is 241 g/mol. The van der Waals surface area contributed by atoms with E-state index in [2.05, 4.69) is 19.2 Å². The van der Waals surface area contributed by atoms with Gasteiger partial charge in [-0.15, -0.1) is 0 Å². The van der Waals surface area contributed by atoms with Gasteiger partial charge in [0.25, 0.3) is 0 Å². The van der Waals surface area contributed by atoms with Crippen molar-refractivity contribution in [3.63, 3.8) is 0 Å². The topological polar surface area (TPSA) is 66.4 Å². The fourth-order valence-corrected chi connectivity index (χ4v) is 2.63. The minimum absolute atomic E-state index is 0.0257. The van der Waals surface area contributed by atoms with Gasteiger partial charge in [-0.2, -0.15) is 0 Å². The fourth-order valence-electron chi connectivity index (χ4n) is 2.63. The maximum absolute atomic E-state index is 11.7. The summed E-state index contributed by atoms with van der Waals surface area (Å²) < 4.78 is 0. The molecule has 2 N–H and O–H groups in total. The lowest BCUT2D eigenvalue weighted by Gasteiger charge is -2.28. The van der Waals surface area contributed by atoms with Gasteiger partial charge in [-0.1, -0.05) is 13.8 Å². The van der Waals surface area contributed by atoms with Gasteiger partial charge in [-0.3, -0.25) is 9.59 Å². The smallest absolute Gasteiger partial charge is 0.322 e. The molecule has 0 atom stereocenters. The Balaban J connectivity index is 2.26. The van der Waals surface area contributed by atoms with E-state index in [-0.39, 0.29) is 18.4 Å². The summed E-state index contributed by atoms with van der Waals surface area (Å²) >= 11 is 0. The molecule has 0 aromatic carbocycles. The highest BCUT2D eigenvalue weighted by Gasteiger charge is 2.26. The third-order valence-corrected chi connectivity index (χ3v) is 3.44. The van der Waals surface area contributed by atoms with Crippen molar-refractivity contribution >= 4 is 11.9 Å². The normalized spacial score (nSPS) is 24.6. The van der Waals surface area contributed by atoms with Crippen LogP contribution < -0.4 is 5.32 Å². The van der Waals surface area contributed by atoms with E-state index < -0.39 is 5.97 Å². The predicted molar refractivity (Wildman–Crippen MR) is 65.5 cm³/mol. The van der Waals surface area contributed by atoms with Gasteiger partial charge >= 0.3 is 5.97 Å². The minimum Gasteiger partial charge on any atom is -0.480 e. The van der Waals surface area contributed by atoms with Crippen molar-refractivity contribution in [1.82, 2.24) is 5.32 Å². The van der Waals surface area contributed by atoms with Crippen molar-refractivity contribution in [3.8, 4) is 0 Å². The molecule has 17 heavy (non-hydrogen) atoms. The summed E-state index contributed by atoms with van der Waals surface area (Å²) in [6.45, 7) is 4.20. The third kappa shape index (κ3) is 5.20. The van der Waals surface area contributed by atoms with Gasteiger partial charge in [-0.25, -0.2) is 0 Å². The molecule has 1 amide bonds. The summed E-state index contributed by atoms with van der Waals surface area (Å²) in [7, 11) is 0. The van der Waals surface area contributed by atoms with E-state index in [1.165, 1.54) is 6.42 Å². The van der Waals surface area contributed by atoms with Gasteiger partial charge in [0.1, 0.15) is 6.54 Å². The number of carboxylic acid groups (broad SMARTS) is 1. The Morgan fingerprint density at radius 3 is 2.29 bits per heavy atom. The molecule has 98 valence electrons. The second kappa shape index (κ2) is 6.62. The Morgan fingerprint density at radius 1 is 1.24 bits per heavy atom. The van der Waals surface area contributed by atoms with Crippen molar-refractivity contribution in [1.29, 1.82) is 0 Å². The van der Waals surface area contributed by atoms with Crippen LogP contribution in [0.25, 0.3) is 0 Å². The number of hydrogen-bond acceptors (Lipinski definition) is 2. The van der Waals surface area contributed by atoms with Crippen LogP contribution in [-0.2, 0) is 9.59 Å². The van der Waals surface area contributed by atoms with Crippen LogP contribution in [0.5, 0.6) is 0 Å². The van der Waals surface area contributed by atoms with Gasteiger partial charge < -0.3 is 10.4 Å². The molecule has 4 nitrogen and oxygen atoms in total. The zero-order valence-electron chi connectivity index (χ0n) is 10.7. The molecule has 0 aliphatic heterocycles. The van der Waals surface area contributed by atoms with Crippen molar-refractivity contribution < 1.29 is 14.7 Å². The minimum atomic E-state index is -0.980. The molecule has 0 bridgehead atoms. The SMILES string of the molecule is CC(C)C[C@H]1CC[C@H](C(=O)NCC(=O)O)CC1. The molecule has 1 aliphatic rings. The molecule has 0 heterocycles. The number of aliphatic carboxylic acids is 1. The Kier molecular flexibility index (Phi) is 5.45. The van der Waals surface area contributed by atoms with Crippen LogP contribution in [0.15, 0.2) is 0 Å². The van der Waals surface area contributed by atoms with E-state index >= 15 is 0 Å². The van der Waals surface area contributed by atoms with Crippen LogP contribution >= 0.6 is 0 Å². The number of carbonyl (C=O) groups is 2. The quantitative estimate of drug-likeness (QED) is 0.774. The molecule has 1 rings (SSSR count). The summed E-state index contributed by atoms with van der Waals surface area (Å²) in [5.41, 5.74) is 0. The lowest BCUT2D eigenvalue weighted by molar-refractivity contribution is -0.138. The Bertz CT molecular complexity index is 268. The van der Waals surface area contributed by atoms with Crippen molar-refractivity contribution in [2.24, 2.45) is 17.8 Å². The Labute approximate surface area is 103 Å². The van der Waals surface area contributed by atoms with E-state index in [1.807, 2.05) is 0 Å². The first-order valence-electron chi connectivity index (χ1n) is 6.48. The standard InChI is InChI=1S/C13H23NO3/c1-9(2)7-10-3-5-11(6-4-10)13(17)14-8-12(15)16/h9-11H,3-8H2,1-2H3,(H,14,17)(H,15,16)/t10-,11-. The Hall–Kier alpha value is -1.06. The number of carboxylic acids is 1. The molecule has 0 radical (unpaired) electrons. The van der Waals surface area contributed by atoms with Crippen LogP contribution in [0.3, 0.4) is 0 Å². The van der Waals surface area contributed by atoms with Crippen LogP contribution in [-0.4, -0.2) is 23.5 Å². The second-order valence-corrected chi connectivity index (χ2v) is 5.46. The molecule has 0 aromatic heterocycles. The molecule has 0 aromatic rings. The fraction of sp³-hybridized carbons (Fsp3) is 0.846. The highest BCUT2D eigenvalue weighted by molar-refractivity contribution is 5.82. The molecule has 0 spiro atoms. The first-order chi connectivity index (χ1) is 7.99. The van der Waals surface area contributed by atoms with Crippen LogP contribution in [0.2, 0.25) is 0 Å². The van der Waals surface area contributed by atoms with E-state index in [4.69, 9.17) is 5.11 Å². The van der Waals surface area contributed by atoms with E-state index in [0.717, 1.165) is 37.5 Å².